The van der Waals surface area contributed by atoms with Gasteiger partial charge in [-0.1, -0.05) is 24.4 Å². The second-order valence-corrected chi connectivity index (χ2v) is 9.48. The van der Waals surface area contributed by atoms with Crippen molar-refractivity contribution in [2.75, 3.05) is 18.1 Å². The zero-order valence-corrected chi connectivity index (χ0v) is 15.9. The largest absolute Gasteiger partial charge is 0.482 e. The standard InChI is InChI=1S/C18H21ClN2O4S/c19-16-9-13(10-20)5-6-17(16)25-11-18(22)21(14-3-1-2-4-14)15-7-8-26(23,24)12-15/h5-6,9,14-15H,1-4,7-8,11-12H2/t15-/m0/s1. The second-order valence-electron chi connectivity index (χ2n) is 6.84. The summed E-state index contributed by atoms with van der Waals surface area (Å²) < 4.78 is 29.3. The minimum atomic E-state index is -3.07. The van der Waals surface area contributed by atoms with E-state index in [0.717, 1.165) is 25.7 Å². The lowest BCUT2D eigenvalue weighted by atomic mass is 10.1. The highest BCUT2D eigenvalue weighted by Crippen LogP contribution is 2.30. The molecule has 0 aromatic heterocycles. The van der Waals surface area contributed by atoms with Crippen LogP contribution in [0.15, 0.2) is 18.2 Å². The fourth-order valence-electron chi connectivity index (χ4n) is 3.78. The molecule has 2 fully saturated rings. The van der Waals surface area contributed by atoms with Gasteiger partial charge in [-0.05, 0) is 37.5 Å². The normalized spacial score (nSPS) is 22.1. The average molecular weight is 397 g/mol. The Morgan fingerprint density at radius 3 is 2.58 bits per heavy atom. The van der Waals surface area contributed by atoms with Gasteiger partial charge in [0.25, 0.3) is 5.91 Å². The molecule has 2 aliphatic rings. The molecular weight excluding hydrogens is 376 g/mol. The molecule has 1 saturated carbocycles. The third-order valence-corrected chi connectivity index (χ3v) is 7.07. The molecule has 1 aliphatic carbocycles. The number of halogens is 1. The highest BCUT2D eigenvalue weighted by atomic mass is 35.5. The van der Waals surface area contributed by atoms with Crippen LogP contribution in [0.1, 0.15) is 37.7 Å². The van der Waals surface area contributed by atoms with Gasteiger partial charge in [-0.25, -0.2) is 8.42 Å². The summed E-state index contributed by atoms with van der Waals surface area (Å²) in [5, 5.41) is 9.14. The van der Waals surface area contributed by atoms with E-state index < -0.39 is 9.84 Å². The molecule has 1 atom stereocenters. The summed E-state index contributed by atoms with van der Waals surface area (Å²) in [6, 6.07) is 6.43. The molecule has 0 radical (unpaired) electrons. The molecule has 1 aromatic rings. The number of benzene rings is 1. The molecule has 0 N–H and O–H groups in total. The van der Waals surface area contributed by atoms with Crippen molar-refractivity contribution in [3.05, 3.63) is 28.8 Å². The summed E-state index contributed by atoms with van der Waals surface area (Å²) in [4.78, 5) is 14.6. The van der Waals surface area contributed by atoms with E-state index in [0.29, 0.717) is 17.7 Å². The fourth-order valence-corrected chi connectivity index (χ4v) is 5.73. The van der Waals surface area contributed by atoms with Crippen molar-refractivity contribution >= 4 is 27.3 Å². The van der Waals surface area contributed by atoms with E-state index in [1.165, 1.54) is 6.07 Å². The SMILES string of the molecule is N#Cc1ccc(OCC(=O)N(C2CCCC2)[C@H]2CCS(=O)(=O)C2)c(Cl)c1. The number of carbonyl (C=O) groups is 1. The number of hydrogen-bond donors (Lipinski definition) is 0. The van der Waals surface area contributed by atoms with Gasteiger partial charge in [-0.15, -0.1) is 0 Å². The number of sulfone groups is 1. The summed E-state index contributed by atoms with van der Waals surface area (Å²) >= 11 is 6.08. The van der Waals surface area contributed by atoms with Gasteiger partial charge in [0.1, 0.15) is 5.75 Å². The molecule has 1 aliphatic heterocycles. The first-order valence-electron chi connectivity index (χ1n) is 8.73. The molecule has 0 unspecified atom stereocenters. The zero-order chi connectivity index (χ0) is 18.7. The molecule has 26 heavy (non-hydrogen) atoms. The second kappa shape index (κ2) is 7.85. The number of rotatable bonds is 5. The molecule has 6 nitrogen and oxygen atoms in total. The highest BCUT2D eigenvalue weighted by Gasteiger charge is 2.39. The zero-order valence-electron chi connectivity index (χ0n) is 14.4. The van der Waals surface area contributed by atoms with E-state index in [1.54, 1.807) is 17.0 Å². The lowest BCUT2D eigenvalue weighted by molar-refractivity contribution is -0.137. The van der Waals surface area contributed by atoms with Crippen molar-refractivity contribution in [1.29, 1.82) is 5.26 Å². The summed E-state index contributed by atoms with van der Waals surface area (Å²) in [7, 11) is -3.07. The Morgan fingerprint density at radius 1 is 1.27 bits per heavy atom. The fraction of sp³-hybridized carbons (Fsp3) is 0.556. The van der Waals surface area contributed by atoms with Crippen LogP contribution >= 0.6 is 11.6 Å². The molecular formula is C18H21ClN2O4S. The first kappa shape index (κ1) is 19.0. The number of amides is 1. The highest BCUT2D eigenvalue weighted by molar-refractivity contribution is 7.91. The van der Waals surface area contributed by atoms with Crippen LogP contribution in [-0.2, 0) is 14.6 Å². The Balaban J connectivity index is 1.70. The smallest absolute Gasteiger partial charge is 0.261 e. The van der Waals surface area contributed by atoms with Crippen LogP contribution < -0.4 is 4.74 Å². The Labute approximate surface area is 158 Å². The maximum absolute atomic E-state index is 12.8. The van der Waals surface area contributed by atoms with Gasteiger partial charge in [0.05, 0.1) is 28.2 Å². The first-order chi connectivity index (χ1) is 12.4. The Hall–Kier alpha value is -1.78. The van der Waals surface area contributed by atoms with Gasteiger partial charge in [0.2, 0.25) is 0 Å². The first-order valence-corrected chi connectivity index (χ1v) is 10.9. The number of nitriles is 1. The molecule has 1 heterocycles. The summed E-state index contributed by atoms with van der Waals surface area (Å²) in [5.74, 6) is 0.299. The van der Waals surface area contributed by atoms with Gasteiger partial charge in [0, 0.05) is 12.1 Å². The van der Waals surface area contributed by atoms with Gasteiger partial charge >= 0.3 is 0 Å². The molecule has 8 heteroatoms. The van der Waals surface area contributed by atoms with Crippen molar-refractivity contribution in [2.45, 2.75) is 44.2 Å². The lowest BCUT2D eigenvalue weighted by Gasteiger charge is -2.34. The van der Waals surface area contributed by atoms with E-state index in [2.05, 4.69) is 0 Å². The van der Waals surface area contributed by atoms with E-state index in [9.17, 15) is 13.2 Å². The lowest BCUT2D eigenvalue weighted by Crippen LogP contribution is -2.48. The third kappa shape index (κ3) is 4.30. The molecule has 140 valence electrons. The molecule has 1 saturated heterocycles. The monoisotopic (exact) mass is 396 g/mol. The van der Waals surface area contributed by atoms with E-state index in [-0.39, 0.29) is 41.1 Å². The quantitative estimate of drug-likeness (QED) is 0.763. The molecule has 1 amide bonds. The molecule has 0 bridgehead atoms. The van der Waals surface area contributed by atoms with E-state index >= 15 is 0 Å². The van der Waals surface area contributed by atoms with Crippen molar-refractivity contribution in [3.8, 4) is 11.8 Å². The number of carbonyl (C=O) groups excluding carboxylic acids is 1. The van der Waals surface area contributed by atoms with Crippen LogP contribution in [-0.4, -0.2) is 49.4 Å². The number of hydrogen-bond acceptors (Lipinski definition) is 5. The van der Waals surface area contributed by atoms with Crippen LogP contribution in [0.2, 0.25) is 5.02 Å². The van der Waals surface area contributed by atoms with Crippen molar-refractivity contribution in [2.24, 2.45) is 0 Å². The maximum atomic E-state index is 12.8. The number of nitrogens with zero attached hydrogens (tertiary/aromatic N) is 2. The van der Waals surface area contributed by atoms with Crippen LogP contribution in [0.3, 0.4) is 0 Å². The molecule has 0 spiro atoms. The predicted molar refractivity (Wildman–Crippen MR) is 97.8 cm³/mol. The summed E-state index contributed by atoms with van der Waals surface area (Å²) in [5.41, 5.74) is 0.414. The van der Waals surface area contributed by atoms with Gasteiger partial charge in [-0.3, -0.25) is 4.79 Å². The molecule has 3 rings (SSSR count). The van der Waals surface area contributed by atoms with Gasteiger partial charge in [-0.2, -0.15) is 5.26 Å². The minimum Gasteiger partial charge on any atom is -0.482 e. The van der Waals surface area contributed by atoms with Crippen LogP contribution in [0.5, 0.6) is 5.75 Å². The van der Waals surface area contributed by atoms with Crippen LogP contribution in [0.4, 0.5) is 0 Å². The van der Waals surface area contributed by atoms with Crippen LogP contribution in [0.25, 0.3) is 0 Å². The Morgan fingerprint density at radius 2 is 2.00 bits per heavy atom. The van der Waals surface area contributed by atoms with Crippen molar-refractivity contribution < 1.29 is 17.9 Å². The maximum Gasteiger partial charge on any atom is 0.261 e. The van der Waals surface area contributed by atoms with Crippen molar-refractivity contribution in [3.63, 3.8) is 0 Å². The van der Waals surface area contributed by atoms with E-state index in [4.69, 9.17) is 21.6 Å². The van der Waals surface area contributed by atoms with Gasteiger partial charge in [0.15, 0.2) is 16.4 Å². The molecule has 1 aromatic carbocycles. The number of ether oxygens (including phenoxy) is 1. The van der Waals surface area contributed by atoms with Crippen molar-refractivity contribution in [1.82, 2.24) is 4.90 Å². The summed E-state index contributed by atoms with van der Waals surface area (Å²) in [6.45, 7) is -0.196. The Bertz CT molecular complexity index is 828. The third-order valence-electron chi connectivity index (χ3n) is 5.02. The van der Waals surface area contributed by atoms with Gasteiger partial charge < -0.3 is 9.64 Å². The topological polar surface area (TPSA) is 87.5 Å². The minimum absolute atomic E-state index is 0.0346. The van der Waals surface area contributed by atoms with E-state index in [1.807, 2.05) is 6.07 Å². The Kier molecular flexibility index (Phi) is 5.73. The summed E-state index contributed by atoms with van der Waals surface area (Å²) in [6.07, 6.45) is 4.40. The average Bonchev–Trinajstić information content (AvgIpc) is 3.24. The predicted octanol–water partition coefficient (Wildman–Crippen LogP) is 2.55. The van der Waals surface area contributed by atoms with Crippen LogP contribution in [0, 0.1) is 11.3 Å².